The van der Waals surface area contributed by atoms with Gasteiger partial charge < -0.3 is 5.32 Å². The number of carbonyl (C=O) groups is 2. The number of benzene rings is 1. The maximum atomic E-state index is 11.6. The molecule has 2 amide bonds. The van der Waals surface area contributed by atoms with Crippen molar-refractivity contribution in [2.45, 2.75) is 19.8 Å². The van der Waals surface area contributed by atoms with Crippen LogP contribution in [-0.4, -0.2) is 23.6 Å². The lowest BCUT2D eigenvalue weighted by atomic mass is 10.1. The highest BCUT2D eigenvalue weighted by atomic mass is 16.5. The Morgan fingerprint density at radius 3 is 2.41 bits per heavy atom. The van der Waals surface area contributed by atoms with Gasteiger partial charge in [-0.2, -0.15) is 0 Å². The summed E-state index contributed by atoms with van der Waals surface area (Å²) in [7, 11) is 0. The van der Waals surface area contributed by atoms with Crippen LogP contribution in [0.3, 0.4) is 0 Å². The van der Waals surface area contributed by atoms with E-state index in [4.69, 9.17) is 5.21 Å². The van der Waals surface area contributed by atoms with Gasteiger partial charge in [0.2, 0.25) is 5.91 Å². The van der Waals surface area contributed by atoms with Crippen LogP contribution in [0.2, 0.25) is 0 Å². The van der Waals surface area contributed by atoms with Crippen LogP contribution in [0, 0.1) is 0 Å². The van der Waals surface area contributed by atoms with Crippen LogP contribution in [0.5, 0.6) is 0 Å². The lowest BCUT2D eigenvalue weighted by Crippen LogP contribution is -2.29. The van der Waals surface area contributed by atoms with Crippen LogP contribution in [-0.2, 0) is 11.2 Å². The molecule has 0 aliphatic carbocycles. The maximum Gasteiger partial charge on any atom is 0.251 e. The Balaban J connectivity index is 2.44. The third-order valence-electron chi connectivity index (χ3n) is 2.39. The second-order valence-electron chi connectivity index (χ2n) is 3.59. The molecule has 0 saturated heterocycles. The van der Waals surface area contributed by atoms with Gasteiger partial charge in [0.1, 0.15) is 0 Å². The molecule has 1 aromatic carbocycles. The quantitative estimate of drug-likeness (QED) is 0.524. The van der Waals surface area contributed by atoms with E-state index in [1.165, 1.54) is 11.0 Å². The fourth-order valence-corrected chi connectivity index (χ4v) is 1.34. The highest BCUT2D eigenvalue weighted by molar-refractivity contribution is 5.94. The molecule has 0 saturated carbocycles. The summed E-state index contributed by atoms with van der Waals surface area (Å²) >= 11 is 0. The molecule has 0 spiro atoms. The van der Waals surface area contributed by atoms with Crippen molar-refractivity contribution in [2.75, 3.05) is 6.54 Å². The Labute approximate surface area is 99.8 Å². The molecule has 0 aromatic heterocycles. The summed E-state index contributed by atoms with van der Waals surface area (Å²) in [5.41, 5.74) is 3.23. The minimum absolute atomic E-state index is 0.0509. The van der Waals surface area contributed by atoms with Crippen molar-refractivity contribution in [1.29, 1.82) is 0 Å². The average Bonchev–Trinajstić information content (AvgIpc) is 2.38. The summed E-state index contributed by atoms with van der Waals surface area (Å²) in [5.74, 6) is -0.745. The highest BCUT2D eigenvalue weighted by Crippen LogP contribution is 2.04. The Bertz CT molecular complexity index is 387. The summed E-state index contributed by atoms with van der Waals surface area (Å²) in [4.78, 5) is 22.3. The number of carbonyl (C=O) groups excluding carboxylic acids is 2. The van der Waals surface area contributed by atoms with E-state index >= 15 is 0 Å². The molecule has 0 heterocycles. The summed E-state index contributed by atoms with van der Waals surface area (Å²) in [6, 6.07) is 7.30. The number of hydrogen-bond donors (Lipinski definition) is 3. The van der Waals surface area contributed by atoms with Crippen molar-refractivity contribution in [2.24, 2.45) is 0 Å². The lowest BCUT2D eigenvalue weighted by molar-refractivity contribution is -0.129. The molecule has 0 fully saturated rings. The molecule has 0 bridgehead atoms. The van der Waals surface area contributed by atoms with E-state index < -0.39 is 5.91 Å². The molecule has 1 rings (SSSR count). The van der Waals surface area contributed by atoms with E-state index in [1.54, 1.807) is 12.1 Å². The zero-order valence-electron chi connectivity index (χ0n) is 9.69. The smallest absolute Gasteiger partial charge is 0.251 e. The average molecular weight is 236 g/mol. The minimum atomic E-state index is -0.522. The van der Waals surface area contributed by atoms with Crippen LogP contribution >= 0.6 is 0 Å². The Hall–Kier alpha value is -1.88. The molecule has 0 radical (unpaired) electrons. The van der Waals surface area contributed by atoms with Gasteiger partial charge in [-0.3, -0.25) is 14.8 Å². The number of rotatable bonds is 5. The molecule has 0 unspecified atom stereocenters. The number of hydrogen-bond acceptors (Lipinski definition) is 3. The van der Waals surface area contributed by atoms with Gasteiger partial charge in [-0.25, -0.2) is 5.48 Å². The van der Waals surface area contributed by atoms with E-state index in [0.717, 1.165) is 6.42 Å². The van der Waals surface area contributed by atoms with Crippen molar-refractivity contribution in [3.8, 4) is 0 Å². The zero-order chi connectivity index (χ0) is 12.7. The largest absolute Gasteiger partial charge is 0.352 e. The molecular weight excluding hydrogens is 220 g/mol. The van der Waals surface area contributed by atoms with Crippen molar-refractivity contribution in [1.82, 2.24) is 10.8 Å². The molecule has 1 aromatic rings. The zero-order valence-corrected chi connectivity index (χ0v) is 9.69. The Kier molecular flexibility index (Phi) is 5.16. The van der Waals surface area contributed by atoms with E-state index in [0.29, 0.717) is 5.56 Å². The first-order valence-corrected chi connectivity index (χ1v) is 5.47. The van der Waals surface area contributed by atoms with Crippen LogP contribution < -0.4 is 10.8 Å². The minimum Gasteiger partial charge on any atom is -0.352 e. The van der Waals surface area contributed by atoms with Crippen LogP contribution in [0.1, 0.15) is 29.3 Å². The Morgan fingerprint density at radius 1 is 1.24 bits per heavy atom. The first-order valence-electron chi connectivity index (χ1n) is 5.47. The van der Waals surface area contributed by atoms with Crippen LogP contribution in [0.15, 0.2) is 24.3 Å². The normalized spacial score (nSPS) is 9.76. The van der Waals surface area contributed by atoms with Crippen molar-refractivity contribution in [3.63, 3.8) is 0 Å². The fourth-order valence-electron chi connectivity index (χ4n) is 1.34. The summed E-state index contributed by atoms with van der Waals surface area (Å²) in [6.07, 6.45) is 0.980. The third kappa shape index (κ3) is 4.24. The van der Waals surface area contributed by atoms with E-state index in [1.807, 2.05) is 19.1 Å². The maximum absolute atomic E-state index is 11.6. The molecule has 3 N–H and O–H groups in total. The standard InChI is InChI=1S/C12H16N2O3/c1-2-9-3-5-10(6-4-9)12(16)13-8-7-11(15)14-17/h3-6,17H,2,7-8H2,1H3,(H,13,16)(H,14,15). The van der Waals surface area contributed by atoms with Crippen molar-refractivity contribution in [3.05, 3.63) is 35.4 Å². The lowest BCUT2D eigenvalue weighted by Gasteiger charge is -2.05. The number of hydroxylamine groups is 1. The highest BCUT2D eigenvalue weighted by Gasteiger charge is 2.05. The van der Waals surface area contributed by atoms with Crippen molar-refractivity contribution < 1.29 is 14.8 Å². The Morgan fingerprint density at radius 2 is 1.88 bits per heavy atom. The van der Waals surface area contributed by atoms with Gasteiger partial charge in [0.25, 0.3) is 5.91 Å². The topological polar surface area (TPSA) is 78.4 Å². The second-order valence-corrected chi connectivity index (χ2v) is 3.59. The molecule has 0 aliphatic heterocycles. The molecule has 0 atom stereocenters. The van der Waals surface area contributed by atoms with Gasteiger partial charge in [0.05, 0.1) is 0 Å². The molecule has 92 valence electrons. The monoisotopic (exact) mass is 236 g/mol. The van der Waals surface area contributed by atoms with Gasteiger partial charge in [-0.15, -0.1) is 0 Å². The second kappa shape index (κ2) is 6.65. The first-order chi connectivity index (χ1) is 8.17. The van der Waals surface area contributed by atoms with Crippen LogP contribution in [0.4, 0.5) is 0 Å². The van der Waals surface area contributed by atoms with E-state index in [2.05, 4.69) is 5.32 Å². The molecule has 5 nitrogen and oxygen atoms in total. The fraction of sp³-hybridized carbons (Fsp3) is 0.333. The molecule has 0 aliphatic rings. The molecular formula is C12H16N2O3. The predicted molar refractivity (Wildman–Crippen MR) is 62.7 cm³/mol. The van der Waals surface area contributed by atoms with Gasteiger partial charge in [0, 0.05) is 18.5 Å². The number of nitrogens with one attached hydrogen (secondary N) is 2. The summed E-state index contributed by atoms with van der Waals surface area (Å²) in [6.45, 7) is 2.24. The summed E-state index contributed by atoms with van der Waals surface area (Å²) < 4.78 is 0. The van der Waals surface area contributed by atoms with Gasteiger partial charge in [-0.05, 0) is 24.1 Å². The predicted octanol–water partition coefficient (Wildman–Crippen LogP) is 0.874. The van der Waals surface area contributed by atoms with Crippen LogP contribution in [0.25, 0.3) is 0 Å². The third-order valence-corrected chi connectivity index (χ3v) is 2.39. The summed E-state index contributed by atoms with van der Waals surface area (Å²) in [5, 5.41) is 10.9. The molecule has 5 heteroatoms. The van der Waals surface area contributed by atoms with Gasteiger partial charge >= 0.3 is 0 Å². The molecule has 17 heavy (non-hydrogen) atoms. The van der Waals surface area contributed by atoms with Gasteiger partial charge in [-0.1, -0.05) is 19.1 Å². The van der Waals surface area contributed by atoms with E-state index in [-0.39, 0.29) is 18.9 Å². The van der Waals surface area contributed by atoms with Crippen molar-refractivity contribution >= 4 is 11.8 Å². The number of aryl methyl sites for hydroxylation is 1. The van der Waals surface area contributed by atoms with Gasteiger partial charge in [0.15, 0.2) is 0 Å². The first kappa shape index (κ1) is 13.2. The number of amides is 2. The SMILES string of the molecule is CCc1ccc(C(=O)NCCC(=O)NO)cc1. The van der Waals surface area contributed by atoms with E-state index in [9.17, 15) is 9.59 Å².